The highest BCUT2D eigenvalue weighted by atomic mass is 35.5. The molecule has 0 atom stereocenters. The van der Waals surface area contributed by atoms with E-state index in [1.165, 1.54) is 13.3 Å². The Bertz CT molecular complexity index is 1100. The van der Waals surface area contributed by atoms with Crippen LogP contribution in [0.15, 0.2) is 30.6 Å². The Kier molecular flexibility index (Phi) is 5.48. The molecule has 1 aliphatic carbocycles. The molecule has 4 N–H and O–H groups in total. The van der Waals surface area contributed by atoms with Crippen LogP contribution in [-0.4, -0.2) is 28.1 Å². The smallest absolute Gasteiger partial charge is 0.312 e. The molecule has 1 saturated carbocycles. The molecule has 3 aromatic rings. The topological polar surface area (TPSA) is 115 Å². The molecule has 1 aromatic carbocycles. The van der Waals surface area contributed by atoms with Gasteiger partial charge in [-0.15, -0.1) is 11.3 Å². The van der Waals surface area contributed by atoms with Crippen LogP contribution in [0.1, 0.15) is 29.8 Å². The number of ether oxygens (including phenoxy) is 1. The molecule has 2 amide bonds. The van der Waals surface area contributed by atoms with Crippen LogP contribution in [0.4, 0.5) is 16.4 Å². The number of thiazole rings is 1. The van der Waals surface area contributed by atoms with Gasteiger partial charge in [0.15, 0.2) is 0 Å². The molecule has 1 fully saturated rings. The van der Waals surface area contributed by atoms with Gasteiger partial charge in [0, 0.05) is 11.9 Å². The fraction of sp³-hybridized carbons (Fsp3) is 0.300. The van der Waals surface area contributed by atoms with Crippen LogP contribution in [0.3, 0.4) is 0 Å². The zero-order valence-corrected chi connectivity index (χ0v) is 18.1. The predicted octanol–water partition coefficient (Wildman–Crippen LogP) is 4.36. The largest absolute Gasteiger partial charge is 0.480 e. The Balaban J connectivity index is 1.61. The maximum absolute atomic E-state index is 11.4. The Morgan fingerprint density at radius 1 is 1.27 bits per heavy atom. The van der Waals surface area contributed by atoms with Gasteiger partial charge in [-0.2, -0.15) is 4.98 Å². The van der Waals surface area contributed by atoms with Crippen molar-refractivity contribution < 1.29 is 9.53 Å². The van der Waals surface area contributed by atoms with E-state index in [4.69, 9.17) is 22.1 Å². The van der Waals surface area contributed by atoms with E-state index in [0.29, 0.717) is 16.9 Å². The van der Waals surface area contributed by atoms with Crippen molar-refractivity contribution in [3.8, 4) is 16.3 Å². The summed E-state index contributed by atoms with van der Waals surface area (Å²) >= 11 is 7.56. The average molecular weight is 445 g/mol. The Labute approximate surface area is 182 Å². The quantitative estimate of drug-likeness (QED) is 0.520. The zero-order valence-electron chi connectivity index (χ0n) is 16.5. The average Bonchev–Trinajstić information content (AvgIpc) is 3.16. The molecular formula is C20H21ClN6O2S. The van der Waals surface area contributed by atoms with E-state index in [1.54, 1.807) is 11.3 Å². The summed E-state index contributed by atoms with van der Waals surface area (Å²) in [6, 6.07) is 5.56. The summed E-state index contributed by atoms with van der Waals surface area (Å²) in [6.07, 6.45) is 6.06. The van der Waals surface area contributed by atoms with Crippen LogP contribution in [0.2, 0.25) is 5.02 Å². The molecule has 1 aliphatic rings. The summed E-state index contributed by atoms with van der Waals surface area (Å²) in [6.45, 7) is 2.02. The van der Waals surface area contributed by atoms with Crippen LogP contribution in [0.5, 0.6) is 5.88 Å². The SMILES string of the molecule is COc1nc(Nc2cc(C)cc(-c3cnc(C4(NC(N)=O)CCC4)s3)c2)ncc1Cl. The second-order valence-electron chi connectivity index (χ2n) is 7.22. The number of halogens is 1. The van der Waals surface area contributed by atoms with Gasteiger partial charge in [0.2, 0.25) is 11.8 Å². The summed E-state index contributed by atoms with van der Waals surface area (Å²) in [7, 11) is 1.51. The second kappa shape index (κ2) is 8.08. The van der Waals surface area contributed by atoms with Gasteiger partial charge in [-0.25, -0.2) is 14.8 Å². The van der Waals surface area contributed by atoms with E-state index in [-0.39, 0.29) is 0 Å². The summed E-state index contributed by atoms with van der Waals surface area (Å²) in [5.41, 5.74) is 7.85. The van der Waals surface area contributed by atoms with E-state index >= 15 is 0 Å². The molecular weight excluding hydrogens is 424 g/mol. The van der Waals surface area contributed by atoms with Gasteiger partial charge < -0.3 is 21.1 Å². The van der Waals surface area contributed by atoms with Gasteiger partial charge in [0.05, 0.1) is 23.7 Å². The number of carbonyl (C=O) groups is 1. The van der Waals surface area contributed by atoms with E-state index in [1.807, 2.05) is 25.3 Å². The number of anilines is 2. The van der Waals surface area contributed by atoms with Gasteiger partial charge in [-0.3, -0.25) is 0 Å². The van der Waals surface area contributed by atoms with Crippen molar-refractivity contribution in [3.63, 3.8) is 0 Å². The Hall–Kier alpha value is -2.91. The maximum atomic E-state index is 11.4. The summed E-state index contributed by atoms with van der Waals surface area (Å²) in [5, 5.41) is 7.30. The Morgan fingerprint density at radius 3 is 2.73 bits per heavy atom. The fourth-order valence-corrected chi connectivity index (χ4v) is 4.74. The molecule has 0 spiro atoms. The number of urea groups is 1. The minimum absolute atomic E-state index is 0.307. The molecule has 0 bridgehead atoms. The summed E-state index contributed by atoms with van der Waals surface area (Å²) in [5.74, 6) is 0.693. The monoisotopic (exact) mass is 444 g/mol. The van der Waals surface area contributed by atoms with Crippen molar-refractivity contribution in [2.45, 2.75) is 31.7 Å². The number of hydrogen-bond donors (Lipinski definition) is 3. The van der Waals surface area contributed by atoms with E-state index in [0.717, 1.165) is 46.0 Å². The van der Waals surface area contributed by atoms with Crippen LogP contribution in [0.25, 0.3) is 10.4 Å². The first-order chi connectivity index (χ1) is 14.4. The van der Waals surface area contributed by atoms with Crippen molar-refractivity contribution in [1.82, 2.24) is 20.3 Å². The number of hydrogen-bond acceptors (Lipinski definition) is 7. The zero-order chi connectivity index (χ0) is 21.3. The highest BCUT2D eigenvalue weighted by Crippen LogP contribution is 2.44. The first kappa shape index (κ1) is 20.4. The molecule has 0 saturated heterocycles. The van der Waals surface area contributed by atoms with E-state index < -0.39 is 11.6 Å². The number of rotatable bonds is 6. The standard InChI is InChI=1S/C20H21ClN6O2S/c1-11-6-12(8-13(7-11)25-19-24-9-14(21)16(26-19)29-2)15-10-23-17(30-15)20(4-3-5-20)27-18(22)28/h6-10H,3-5H2,1-2H3,(H3,22,27,28)(H,24,25,26). The molecule has 2 aromatic heterocycles. The number of aryl methyl sites for hydroxylation is 1. The maximum Gasteiger partial charge on any atom is 0.312 e. The van der Waals surface area contributed by atoms with Crippen LogP contribution in [-0.2, 0) is 5.54 Å². The molecule has 8 nitrogen and oxygen atoms in total. The number of aromatic nitrogens is 3. The van der Waals surface area contributed by atoms with Crippen LogP contribution < -0.4 is 21.1 Å². The normalized spacial score (nSPS) is 14.6. The fourth-order valence-electron chi connectivity index (χ4n) is 3.47. The van der Waals surface area contributed by atoms with Gasteiger partial charge in [-0.1, -0.05) is 17.7 Å². The third kappa shape index (κ3) is 4.03. The first-order valence-corrected chi connectivity index (χ1v) is 10.6. The summed E-state index contributed by atoms with van der Waals surface area (Å²) in [4.78, 5) is 25.5. The van der Waals surface area contributed by atoms with Gasteiger partial charge in [0.1, 0.15) is 10.0 Å². The molecule has 156 valence electrons. The number of benzene rings is 1. The number of methoxy groups -OCH3 is 1. The molecule has 0 unspecified atom stereocenters. The number of amides is 2. The second-order valence-corrected chi connectivity index (χ2v) is 8.66. The highest BCUT2D eigenvalue weighted by Gasteiger charge is 2.42. The van der Waals surface area contributed by atoms with Crippen molar-refractivity contribution in [1.29, 1.82) is 0 Å². The molecule has 4 rings (SSSR count). The molecule has 10 heteroatoms. The third-order valence-corrected chi connectivity index (χ3v) is 6.52. The number of nitrogens with zero attached hydrogens (tertiary/aromatic N) is 3. The predicted molar refractivity (Wildman–Crippen MR) is 117 cm³/mol. The minimum atomic E-state index is -0.521. The third-order valence-electron chi connectivity index (χ3n) is 5.01. The van der Waals surface area contributed by atoms with Crippen molar-refractivity contribution in [2.75, 3.05) is 12.4 Å². The lowest BCUT2D eigenvalue weighted by Gasteiger charge is -2.40. The van der Waals surface area contributed by atoms with E-state index in [2.05, 4.69) is 31.7 Å². The first-order valence-electron chi connectivity index (χ1n) is 9.38. The van der Waals surface area contributed by atoms with Crippen molar-refractivity contribution >= 4 is 40.6 Å². The number of carbonyl (C=O) groups excluding carboxylic acids is 1. The van der Waals surface area contributed by atoms with E-state index in [9.17, 15) is 4.79 Å². The van der Waals surface area contributed by atoms with Gasteiger partial charge in [-0.05, 0) is 49.4 Å². The molecule has 30 heavy (non-hydrogen) atoms. The lowest BCUT2D eigenvalue weighted by atomic mass is 9.77. The summed E-state index contributed by atoms with van der Waals surface area (Å²) < 4.78 is 5.15. The van der Waals surface area contributed by atoms with Gasteiger partial charge >= 0.3 is 6.03 Å². The Morgan fingerprint density at radius 2 is 2.07 bits per heavy atom. The van der Waals surface area contributed by atoms with Crippen LogP contribution in [0, 0.1) is 6.92 Å². The van der Waals surface area contributed by atoms with Crippen LogP contribution >= 0.6 is 22.9 Å². The van der Waals surface area contributed by atoms with Gasteiger partial charge in [0.25, 0.3) is 0 Å². The number of nitrogens with two attached hydrogens (primary N) is 1. The lowest BCUT2D eigenvalue weighted by molar-refractivity contribution is 0.182. The van der Waals surface area contributed by atoms with Crippen molar-refractivity contribution in [2.24, 2.45) is 5.73 Å². The van der Waals surface area contributed by atoms with Crippen molar-refractivity contribution in [3.05, 3.63) is 46.2 Å². The lowest BCUT2D eigenvalue weighted by Crippen LogP contribution is -2.52. The number of primary amides is 1. The number of nitrogens with one attached hydrogen (secondary N) is 2. The molecule has 2 heterocycles. The minimum Gasteiger partial charge on any atom is -0.480 e. The molecule has 0 radical (unpaired) electrons. The molecule has 0 aliphatic heterocycles. The highest BCUT2D eigenvalue weighted by molar-refractivity contribution is 7.15.